The molecule has 0 radical (unpaired) electrons. The van der Waals surface area contributed by atoms with Crippen molar-refractivity contribution in [2.45, 2.75) is 166 Å². The molecule has 0 bridgehead atoms. The van der Waals surface area contributed by atoms with Gasteiger partial charge >= 0.3 is 27.8 Å². The van der Waals surface area contributed by atoms with Crippen molar-refractivity contribution in [3.05, 3.63) is 4.13 Å². The molecule has 0 heterocycles. The molecule has 0 saturated carbocycles. The van der Waals surface area contributed by atoms with Crippen molar-refractivity contribution in [1.29, 1.82) is 0 Å². The number of halogens is 6. The molecule has 0 amide bonds. The fourth-order valence-corrected chi connectivity index (χ4v) is 7.55. The normalized spacial score (nSPS) is 12.7. The molecule has 0 saturated heterocycles. The first kappa shape index (κ1) is 45.9. The van der Waals surface area contributed by atoms with E-state index in [4.69, 9.17) is 0 Å². The highest BCUT2D eigenvalue weighted by molar-refractivity contribution is 8.13. The minimum Gasteiger partial charge on any atom is -0.421 e. The monoisotopic (exact) mass is 722 g/mol. The number of unbranched alkanes of at least 4 members (excludes halogenated alkanes) is 20. The van der Waals surface area contributed by atoms with Crippen molar-refractivity contribution >= 4 is 36.8 Å². The van der Waals surface area contributed by atoms with Crippen molar-refractivity contribution in [3.63, 3.8) is 0 Å². The van der Waals surface area contributed by atoms with Crippen LogP contribution in [0.2, 0.25) is 0 Å². The van der Waals surface area contributed by atoms with Crippen LogP contribution in [0, 0.1) is 0 Å². The van der Waals surface area contributed by atoms with Crippen LogP contribution < -0.4 is 4.17 Å². The van der Waals surface area contributed by atoms with Crippen LogP contribution in [0.15, 0.2) is 0 Å². The number of hydrogen-bond donors (Lipinski definition) is 0. The molecule has 0 aliphatic heterocycles. The van der Waals surface area contributed by atoms with Gasteiger partial charge in [0.15, 0.2) is 20.0 Å². The molecule has 264 valence electrons. The molecule has 0 atom stereocenters. The summed E-state index contributed by atoms with van der Waals surface area (Å²) in [6.45, 7) is 4.59. The minimum atomic E-state index is -6.72. The largest absolute Gasteiger partial charge is 0.480 e. The molecule has 0 aromatic rings. The van der Waals surface area contributed by atoms with E-state index >= 15 is 0 Å². The van der Waals surface area contributed by atoms with Crippen molar-refractivity contribution in [3.8, 4) is 0 Å². The van der Waals surface area contributed by atoms with Gasteiger partial charge in [0.2, 0.25) is 0 Å². The maximum Gasteiger partial charge on any atom is 0.480 e. The zero-order chi connectivity index (χ0) is 33.8. The van der Waals surface area contributed by atoms with Crippen LogP contribution in [0.25, 0.3) is 4.13 Å². The quantitative estimate of drug-likeness (QED) is 0.0384. The lowest BCUT2D eigenvalue weighted by molar-refractivity contribution is -0.0444. The topological polar surface area (TPSA) is 96.5 Å². The maximum absolute atomic E-state index is 11.4. The van der Waals surface area contributed by atoms with E-state index in [0.29, 0.717) is 0 Å². The molecule has 0 fully saturated rings. The molecular weight excluding hydrogens is 668 g/mol. The van der Waals surface area contributed by atoms with Gasteiger partial charge in [-0.15, -0.1) is 0 Å². The second-order valence-corrected chi connectivity index (χ2v) is 16.4. The van der Waals surface area contributed by atoms with Gasteiger partial charge in [-0.2, -0.15) is 26.3 Å². The smallest absolute Gasteiger partial charge is 0.421 e. The van der Waals surface area contributed by atoms with Crippen molar-refractivity contribution in [2.24, 2.45) is 0 Å². The molecule has 44 heavy (non-hydrogen) atoms. The van der Waals surface area contributed by atoms with Gasteiger partial charge < -0.3 is 4.13 Å². The molecule has 6 nitrogen and oxygen atoms in total. The Morgan fingerprint density at radius 3 is 0.909 bits per heavy atom. The summed E-state index contributed by atoms with van der Waals surface area (Å²) >= 11 is 0. The Balaban J connectivity index is 0. The molecule has 0 aliphatic rings. The highest BCUT2D eigenvalue weighted by Gasteiger charge is 2.46. The zero-order valence-electron chi connectivity index (χ0n) is 26.5. The summed E-state index contributed by atoms with van der Waals surface area (Å²) in [4.78, 5) is 0. The Morgan fingerprint density at radius 1 is 0.455 bits per heavy atom. The summed E-state index contributed by atoms with van der Waals surface area (Å²) < 4.78 is 114. The number of sulfonamides is 2. The van der Waals surface area contributed by atoms with E-state index in [9.17, 15) is 43.2 Å². The summed E-state index contributed by atoms with van der Waals surface area (Å²) in [5.41, 5.74) is -12.4. The van der Waals surface area contributed by atoms with Gasteiger partial charge in [0.05, 0.1) is 12.3 Å². The Bertz CT molecular complexity index is 886. The van der Waals surface area contributed by atoms with Crippen molar-refractivity contribution in [1.82, 2.24) is 4.17 Å². The standard InChI is InChI=1S/C26H54NP2.C2F6NO4S2/c1-3-5-7-9-11-13-15-17-19-21-23-25-28-27-29-26-24-22-20-18-16-14-12-10-8-6-4-2;3-1(4,5)14(10,11)9-15(12,13)2(6,7)8/h3-26H2,1-2H3;/q+1;-1. The van der Waals surface area contributed by atoms with Gasteiger partial charge in [0.1, 0.15) is 0 Å². The summed E-state index contributed by atoms with van der Waals surface area (Å²) in [5.74, 6) is 0. The Labute approximate surface area is 266 Å². The fraction of sp³-hybridized carbons (Fsp3) is 1.00. The van der Waals surface area contributed by atoms with E-state index in [0.717, 1.165) is 4.13 Å². The average molecular weight is 723 g/mol. The third kappa shape index (κ3) is 28.0. The molecule has 0 rings (SSSR count). The van der Waals surface area contributed by atoms with Gasteiger partial charge in [-0.1, -0.05) is 146 Å². The van der Waals surface area contributed by atoms with Crippen LogP contribution >= 0.6 is 16.7 Å². The molecule has 0 unspecified atom stereocenters. The van der Waals surface area contributed by atoms with Gasteiger partial charge in [0, 0.05) is 0 Å². The van der Waals surface area contributed by atoms with Crippen LogP contribution in [-0.4, -0.2) is 40.2 Å². The molecule has 0 aromatic carbocycles. The molecule has 0 N–H and O–H groups in total. The number of rotatable bonds is 26. The third-order valence-electron chi connectivity index (χ3n) is 6.63. The van der Waals surface area contributed by atoms with E-state index in [1.807, 2.05) is 0 Å². The first-order chi connectivity index (χ1) is 20.6. The third-order valence-corrected chi connectivity index (χ3v) is 11.4. The van der Waals surface area contributed by atoms with Gasteiger partial charge in [0.25, 0.3) is 0 Å². The van der Waals surface area contributed by atoms with Crippen molar-refractivity contribution in [2.75, 3.05) is 12.3 Å². The predicted molar refractivity (Wildman–Crippen MR) is 172 cm³/mol. The van der Waals surface area contributed by atoms with Gasteiger partial charge in [-0.25, -0.2) is 16.8 Å². The lowest BCUT2D eigenvalue weighted by Gasteiger charge is -2.22. The van der Waals surface area contributed by atoms with E-state index in [1.54, 1.807) is 0 Å². The summed E-state index contributed by atoms with van der Waals surface area (Å²) in [7, 11) is -10.7. The lowest BCUT2D eigenvalue weighted by atomic mass is 10.1. The minimum absolute atomic E-state index is 0.778. The summed E-state index contributed by atoms with van der Waals surface area (Å²) in [5, 5.41) is 0. The van der Waals surface area contributed by atoms with Crippen LogP contribution in [0.5, 0.6) is 0 Å². The first-order valence-electron chi connectivity index (χ1n) is 16.0. The Kier molecular flexibility index (Phi) is 29.0. The predicted octanol–water partition coefficient (Wildman–Crippen LogP) is 12.0. The molecule has 0 aliphatic carbocycles. The second-order valence-electron chi connectivity index (χ2n) is 10.8. The summed E-state index contributed by atoms with van der Waals surface area (Å²) in [6, 6.07) is 0. The van der Waals surface area contributed by atoms with Gasteiger partial charge in [-0.05, 0) is 12.8 Å². The Hall–Kier alpha value is -0.250. The second kappa shape index (κ2) is 27.8. The highest BCUT2D eigenvalue weighted by Crippen LogP contribution is 2.36. The SMILES string of the molecule is CCCCCCCCCCCCCP=[N+]=PCCCCCCCCCCCCC.O=S(=O)([N-]S(=O)(=O)C(F)(F)F)C(F)(F)F. The lowest BCUT2D eigenvalue weighted by Crippen LogP contribution is -2.30. The Morgan fingerprint density at radius 2 is 0.682 bits per heavy atom. The number of alkyl halides is 6. The van der Waals surface area contributed by atoms with Crippen LogP contribution in [0.4, 0.5) is 26.3 Å². The van der Waals surface area contributed by atoms with Crippen LogP contribution in [0.3, 0.4) is 0 Å². The van der Waals surface area contributed by atoms with Gasteiger partial charge in [-0.3, -0.25) is 0 Å². The molecular formula is C28H54F6N2O4P2S2. The van der Waals surface area contributed by atoms with E-state index in [-0.39, 0.29) is 0 Å². The maximum atomic E-state index is 11.4. The van der Waals surface area contributed by atoms with Crippen LogP contribution in [-0.2, 0) is 20.0 Å². The zero-order valence-corrected chi connectivity index (χ0v) is 29.9. The first-order valence-corrected chi connectivity index (χ1v) is 21.0. The average Bonchev–Trinajstić information content (AvgIpc) is 2.91. The number of nitrogens with zero attached hydrogens (tertiary/aromatic N) is 2. The number of hydrogen-bond acceptors (Lipinski definition) is 4. The van der Waals surface area contributed by atoms with E-state index in [2.05, 4.69) is 18.0 Å². The molecule has 0 aromatic heterocycles. The summed E-state index contributed by atoms with van der Waals surface area (Å²) in [6.07, 6.45) is 34.3. The fourth-order valence-electron chi connectivity index (χ4n) is 4.04. The highest BCUT2D eigenvalue weighted by atomic mass is 32.3. The van der Waals surface area contributed by atoms with Crippen molar-refractivity contribution < 1.29 is 43.2 Å². The molecule has 0 spiro atoms. The van der Waals surface area contributed by atoms with E-state index < -0.39 is 31.1 Å². The van der Waals surface area contributed by atoms with E-state index in [1.165, 1.54) is 170 Å². The van der Waals surface area contributed by atoms with Crippen LogP contribution in [0.1, 0.15) is 155 Å². The molecule has 16 heteroatoms.